The minimum absolute atomic E-state index is 0.111. The van der Waals surface area contributed by atoms with Gasteiger partial charge in [-0.15, -0.1) is 0 Å². The molecule has 0 bridgehead atoms. The van der Waals surface area contributed by atoms with Crippen molar-refractivity contribution < 1.29 is 30.9 Å². The first-order valence-electron chi connectivity index (χ1n) is 11.5. The van der Waals surface area contributed by atoms with E-state index < -0.39 is 48.8 Å². The molecule has 1 aliphatic heterocycles. The second kappa shape index (κ2) is 14.4. The largest absolute Gasteiger partial charge is 0.748 e. The van der Waals surface area contributed by atoms with Gasteiger partial charge in [-0.05, 0) is 6.42 Å². The molecule has 1 rings (SSSR count). The van der Waals surface area contributed by atoms with Crippen LogP contribution in [0.5, 0.6) is 0 Å². The smallest absolute Gasteiger partial charge is 0.306 e. The molecule has 1 aliphatic rings. The summed E-state index contributed by atoms with van der Waals surface area (Å²) in [4.78, 5) is 11.9. The maximum Gasteiger partial charge on any atom is 0.306 e. The van der Waals surface area contributed by atoms with Crippen LogP contribution < -0.4 is 0 Å². The van der Waals surface area contributed by atoms with Crippen LogP contribution in [0.25, 0.3) is 0 Å². The quantitative estimate of drug-likeness (QED) is 0.179. The molecule has 9 heteroatoms. The van der Waals surface area contributed by atoms with Crippen LogP contribution in [-0.4, -0.2) is 50.2 Å². The molecular weight excluding hydrogens is 428 g/mol. The van der Waals surface area contributed by atoms with Crippen LogP contribution in [-0.2, 0) is 29.5 Å². The van der Waals surface area contributed by atoms with E-state index in [1.165, 1.54) is 64.2 Å². The fourth-order valence-corrected chi connectivity index (χ4v) is 7.44. The second-order valence-corrected chi connectivity index (χ2v) is 12.2. The van der Waals surface area contributed by atoms with E-state index in [-0.39, 0.29) is 6.42 Å². The van der Waals surface area contributed by atoms with Gasteiger partial charge in [0, 0.05) is 6.42 Å². The lowest BCUT2D eigenvalue weighted by Crippen LogP contribution is -2.36. The number of hydrogen-bond donors (Lipinski definition) is 0. The standard InChI is InChI=1S/C21H40O7S2/c1-2-3-4-5-6-7-8-9-10-11-12-13-14-15-16-21(22)28-19-17-29(23,24)18-20(19)30(25,26)27/h19-20H,2-18H2,1H3,(H,25,26,27)/p-1. The first-order valence-corrected chi connectivity index (χ1v) is 14.8. The molecule has 30 heavy (non-hydrogen) atoms. The number of carbonyl (C=O) groups excluding carboxylic acids is 1. The van der Waals surface area contributed by atoms with E-state index >= 15 is 0 Å². The summed E-state index contributed by atoms with van der Waals surface area (Å²) in [6.07, 6.45) is 15.5. The fraction of sp³-hybridized carbons (Fsp3) is 0.952. The predicted molar refractivity (Wildman–Crippen MR) is 117 cm³/mol. The van der Waals surface area contributed by atoms with Crippen molar-refractivity contribution in [3.05, 3.63) is 0 Å². The van der Waals surface area contributed by atoms with Gasteiger partial charge in [-0.3, -0.25) is 4.79 Å². The lowest BCUT2D eigenvalue weighted by Gasteiger charge is -2.21. The first-order chi connectivity index (χ1) is 14.2. The van der Waals surface area contributed by atoms with E-state index in [9.17, 15) is 26.2 Å². The molecule has 0 N–H and O–H groups in total. The van der Waals surface area contributed by atoms with E-state index in [0.717, 1.165) is 19.3 Å². The third-order valence-corrected chi connectivity index (χ3v) is 8.77. The van der Waals surface area contributed by atoms with Crippen LogP contribution in [0.15, 0.2) is 0 Å². The molecule has 0 aromatic rings. The minimum atomic E-state index is -4.82. The number of carbonyl (C=O) groups is 1. The van der Waals surface area contributed by atoms with Gasteiger partial charge in [-0.1, -0.05) is 90.4 Å². The Morgan fingerprint density at radius 1 is 0.833 bits per heavy atom. The Bertz CT molecular complexity index is 686. The summed E-state index contributed by atoms with van der Waals surface area (Å²) in [6, 6.07) is 0. The summed E-state index contributed by atoms with van der Waals surface area (Å²) in [5, 5.41) is -1.69. The van der Waals surface area contributed by atoms with Gasteiger partial charge in [-0.2, -0.15) is 0 Å². The van der Waals surface area contributed by atoms with Gasteiger partial charge >= 0.3 is 5.97 Å². The van der Waals surface area contributed by atoms with Crippen molar-refractivity contribution in [2.24, 2.45) is 0 Å². The number of hydrogen-bond acceptors (Lipinski definition) is 7. The number of rotatable bonds is 17. The summed E-state index contributed by atoms with van der Waals surface area (Å²) < 4.78 is 61.8. The summed E-state index contributed by atoms with van der Waals surface area (Å²) in [5.74, 6) is -2.00. The molecule has 1 fully saturated rings. The average Bonchev–Trinajstić information content (AvgIpc) is 2.96. The molecule has 178 valence electrons. The van der Waals surface area contributed by atoms with Crippen molar-refractivity contribution in [3.63, 3.8) is 0 Å². The molecule has 0 amide bonds. The molecule has 0 saturated carbocycles. The fourth-order valence-electron chi connectivity index (χ4n) is 3.85. The topological polar surface area (TPSA) is 118 Å². The summed E-state index contributed by atoms with van der Waals surface area (Å²) >= 11 is 0. The molecule has 0 spiro atoms. The highest BCUT2D eigenvalue weighted by molar-refractivity contribution is 7.94. The van der Waals surface area contributed by atoms with Gasteiger partial charge in [0.05, 0.1) is 11.5 Å². The summed E-state index contributed by atoms with van der Waals surface area (Å²) in [5.41, 5.74) is 0. The van der Waals surface area contributed by atoms with Gasteiger partial charge in [0.2, 0.25) is 0 Å². The maximum absolute atomic E-state index is 11.9. The zero-order valence-corrected chi connectivity index (χ0v) is 20.0. The number of esters is 1. The molecule has 0 aromatic carbocycles. The Labute approximate surface area is 183 Å². The lowest BCUT2D eigenvalue weighted by atomic mass is 10.0. The number of ether oxygens (including phenoxy) is 1. The van der Waals surface area contributed by atoms with Crippen molar-refractivity contribution >= 4 is 25.9 Å². The van der Waals surface area contributed by atoms with Crippen LogP contribution in [0.1, 0.15) is 103 Å². The number of sulfone groups is 1. The van der Waals surface area contributed by atoms with Gasteiger partial charge in [-0.25, -0.2) is 16.8 Å². The van der Waals surface area contributed by atoms with Crippen LogP contribution in [0, 0.1) is 0 Å². The Balaban J connectivity index is 2.02. The average molecular weight is 468 g/mol. The third kappa shape index (κ3) is 12.2. The molecule has 2 atom stereocenters. The summed E-state index contributed by atoms with van der Waals surface area (Å²) in [7, 11) is -8.50. The van der Waals surface area contributed by atoms with Crippen molar-refractivity contribution in [2.45, 2.75) is 115 Å². The van der Waals surface area contributed by atoms with Gasteiger partial charge in [0.1, 0.15) is 21.5 Å². The van der Waals surface area contributed by atoms with Crippen molar-refractivity contribution in [3.8, 4) is 0 Å². The Morgan fingerprint density at radius 3 is 1.70 bits per heavy atom. The lowest BCUT2D eigenvalue weighted by molar-refractivity contribution is -0.147. The van der Waals surface area contributed by atoms with E-state index in [1.54, 1.807) is 0 Å². The summed E-state index contributed by atoms with van der Waals surface area (Å²) in [6.45, 7) is 2.23. The van der Waals surface area contributed by atoms with Crippen molar-refractivity contribution in [1.82, 2.24) is 0 Å². The van der Waals surface area contributed by atoms with Crippen LogP contribution in [0.2, 0.25) is 0 Å². The number of unbranched alkanes of at least 4 members (excludes halogenated alkanes) is 13. The van der Waals surface area contributed by atoms with Crippen molar-refractivity contribution in [1.29, 1.82) is 0 Å². The monoisotopic (exact) mass is 467 g/mol. The molecule has 1 saturated heterocycles. The Morgan fingerprint density at radius 2 is 1.27 bits per heavy atom. The molecule has 2 unspecified atom stereocenters. The van der Waals surface area contributed by atoms with E-state index in [2.05, 4.69) is 6.92 Å². The highest BCUT2D eigenvalue weighted by Crippen LogP contribution is 2.22. The molecule has 0 radical (unpaired) electrons. The first kappa shape index (κ1) is 27.4. The van der Waals surface area contributed by atoms with Crippen molar-refractivity contribution in [2.75, 3.05) is 11.5 Å². The molecule has 0 aliphatic carbocycles. The third-order valence-electron chi connectivity index (χ3n) is 5.64. The van der Waals surface area contributed by atoms with Gasteiger partial charge in [0.25, 0.3) is 0 Å². The van der Waals surface area contributed by atoms with Gasteiger partial charge in [0.15, 0.2) is 9.84 Å². The van der Waals surface area contributed by atoms with Crippen LogP contribution >= 0.6 is 0 Å². The van der Waals surface area contributed by atoms with E-state index in [4.69, 9.17) is 4.74 Å². The minimum Gasteiger partial charge on any atom is -0.748 e. The van der Waals surface area contributed by atoms with Crippen LogP contribution in [0.4, 0.5) is 0 Å². The van der Waals surface area contributed by atoms with E-state index in [0.29, 0.717) is 6.42 Å². The predicted octanol–water partition coefficient (Wildman–Crippen LogP) is 4.11. The highest BCUT2D eigenvalue weighted by Gasteiger charge is 2.43. The maximum atomic E-state index is 11.9. The molecule has 1 heterocycles. The van der Waals surface area contributed by atoms with Crippen LogP contribution in [0.3, 0.4) is 0 Å². The SMILES string of the molecule is CCCCCCCCCCCCCCCCC(=O)OC1CS(=O)(=O)CC1S(=O)(=O)[O-]. The Kier molecular flexibility index (Phi) is 13.1. The van der Waals surface area contributed by atoms with Gasteiger partial charge < -0.3 is 9.29 Å². The molecular formula is C21H39O7S2-. The van der Waals surface area contributed by atoms with E-state index in [1.807, 2.05) is 0 Å². The zero-order valence-electron chi connectivity index (χ0n) is 18.3. The normalized spacial score (nSPS) is 21.0. The zero-order chi connectivity index (χ0) is 22.5. The molecule has 0 aromatic heterocycles. The Hall–Kier alpha value is -0.670. The second-order valence-electron chi connectivity index (χ2n) is 8.48. The highest BCUT2D eigenvalue weighted by atomic mass is 32.2. The molecule has 7 nitrogen and oxygen atoms in total.